The van der Waals surface area contributed by atoms with Crippen LogP contribution in [0.3, 0.4) is 0 Å². The number of H-pyrrole nitrogens is 1. The normalized spacial score (nSPS) is 13.8. The zero-order chi connectivity index (χ0) is 17.4. The summed E-state index contributed by atoms with van der Waals surface area (Å²) in [6.07, 6.45) is 10.9. The SMILES string of the molecule is CCCCCCCCc1ccc(-c2cnc([C@](C)(N)CO)[nH]2)cc1. The Labute approximate surface area is 145 Å². The Bertz CT molecular complexity index is 602. The zero-order valence-electron chi connectivity index (χ0n) is 15.0. The number of nitrogens with two attached hydrogens (primary N) is 1. The largest absolute Gasteiger partial charge is 0.394 e. The van der Waals surface area contributed by atoms with Crippen molar-refractivity contribution in [2.75, 3.05) is 6.61 Å². The topological polar surface area (TPSA) is 74.9 Å². The Morgan fingerprint density at radius 3 is 2.42 bits per heavy atom. The number of benzene rings is 1. The van der Waals surface area contributed by atoms with Gasteiger partial charge in [0, 0.05) is 0 Å². The van der Waals surface area contributed by atoms with Crippen LogP contribution in [-0.4, -0.2) is 21.7 Å². The van der Waals surface area contributed by atoms with Crippen LogP contribution in [0.5, 0.6) is 0 Å². The number of aromatic nitrogens is 2. The molecule has 4 nitrogen and oxygen atoms in total. The number of aliphatic hydroxyl groups excluding tert-OH is 1. The molecule has 4 N–H and O–H groups in total. The monoisotopic (exact) mass is 329 g/mol. The molecular weight excluding hydrogens is 298 g/mol. The third kappa shape index (κ3) is 5.18. The third-order valence-corrected chi connectivity index (χ3v) is 4.53. The Hall–Kier alpha value is -1.65. The smallest absolute Gasteiger partial charge is 0.128 e. The van der Waals surface area contributed by atoms with Gasteiger partial charge in [-0.3, -0.25) is 0 Å². The van der Waals surface area contributed by atoms with Crippen molar-refractivity contribution in [2.24, 2.45) is 5.73 Å². The molecule has 4 heteroatoms. The quantitative estimate of drug-likeness (QED) is 0.573. The van der Waals surface area contributed by atoms with E-state index in [1.165, 1.54) is 44.1 Å². The van der Waals surface area contributed by atoms with Crippen LogP contribution in [0, 0.1) is 0 Å². The lowest BCUT2D eigenvalue weighted by molar-refractivity contribution is 0.204. The molecule has 0 aliphatic rings. The standard InChI is InChI=1S/C20H31N3O/c1-3-4-5-6-7-8-9-16-10-12-17(13-11-16)18-14-22-19(23-18)20(2,21)15-24/h10-14,24H,3-9,15,21H2,1-2H3,(H,22,23)/t20-/m1/s1. The Morgan fingerprint density at radius 2 is 1.75 bits per heavy atom. The summed E-state index contributed by atoms with van der Waals surface area (Å²) >= 11 is 0. The minimum atomic E-state index is -0.837. The molecule has 0 saturated carbocycles. The number of aryl methyl sites for hydroxylation is 1. The number of rotatable bonds is 10. The molecule has 1 aromatic heterocycles. The van der Waals surface area contributed by atoms with Crippen molar-refractivity contribution in [3.8, 4) is 11.3 Å². The summed E-state index contributed by atoms with van der Waals surface area (Å²) in [4.78, 5) is 7.52. The summed E-state index contributed by atoms with van der Waals surface area (Å²) in [5.41, 5.74) is 8.58. The van der Waals surface area contributed by atoms with Gasteiger partial charge >= 0.3 is 0 Å². The highest BCUT2D eigenvalue weighted by Crippen LogP contribution is 2.22. The fourth-order valence-electron chi connectivity index (χ4n) is 2.79. The summed E-state index contributed by atoms with van der Waals surface area (Å²) in [6.45, 7) is 3.87. The van der Waals surface area contributed by atoms with E-state index in [4.69, 9.17) is 5.73 Å². The summed E-state index contributed by atoms with van der Waals surface area (Å²) in [5, 5.41) is 9.33. The molecule has 132 valence electrons. The molecule has 0 bridgehead atoms. The molecule has 1 aromatic carbocycles. The van der Waals surface area contributed by atoms with Crippen LogP contribution in [0.15, 0.2) is 30.5 Å². The molecule has 1 atom stereocenters. The number of imidazole rings is 1. The molecule has 0 saturated heterocycles. The van der Waals surface area contributed by atoms with Gasteiger partial charge in [-0.25, -0.2) is 4.98 Å². The van der Waals surface area contributed by atoms with Gasteiger partial charge in [-0.1, -0.05) is 63.3 Å². The molecule has 0 aliphatic heterocycles. The van der Waals surface area contributed by atoms with E-state index in [0.717, 1.165) is 17.7 Å². The van der Waals surface area contributed by atoms with Crippen molar-refractivity contribution in [1.82, 2.24) is 9.97 Å². The first-order valence-corrected chi connectivity index (χ1v) is 9.11. The number of aromatic amines is 1. The number of nitrogens with zero attached hydrogens (tertiary/aromatic N) is 1. The van der Waals surface area contributed by atoms with Crippen molar-refractivity contribution >= 4 is 0 Å². The zero-order valence-corrected chi connectivity index (χ0v) is 15.0. The van der Waals surface area contributed by atoms with Crippen molar-refractivity contribution < 1.29 is 5.11 Å². The second-order valence-electron chi connectivity index (χ2n) is 6.94. The highest BCUT2D eigenvalue weighted by molar-refractivity contribution is 5.59. The minimum absolute atomic E-state index is 0.142. The number of nitrogens with one attached hydrogen (secondary N) is 1. The van der Waals surface area contributed by atoms with E-state index in [-0.39, 0.29) is 6.61 Å². The van der Waals surface area contributed by atoms with Crippen LogP contribution in [0.4, 0.5) is 0 Å². The van der Waals surface area contributed by atoms with Gasteiger partial charge in [-0.15, -0.1) is 0 Å². The van der Waals surface area contributed by atoms with Gasteiger partial charge in [0.1, 0.15) is 5.82 Å². The van der Waals surface area contributed by atoms with E-state index in [0.29, 0.717) is 5.82 Å². The predicted octanol–water partition coefficient (Wildman–Crippen LogP) is 4.15. The maximum absolute atomic E-state index is 9.33. The van der Waals surface area contributed by atoms with Crippen LogP contribution in [0.25, 0.3) is 11.3 Å². The van der Waals surface area contributed by atoms with Crippen LogP contribution in [0.1, 0.15) is 63.8 Å². The second-order valence-corrected chi connectivity index (χ2v) is 6.94. The van der Waals surface area contributed by atoms with E-state index < -0.39 is 5.54 Å². The fraction of sp³-hybridized carbons (Fsp3) is 0.550. The Morgan fingerprint density at radius 1 is 1.08 bits per heavy atom. The number of hydrogen-bond donors (Lipinski definition) is 3. The lowest BCUT2D eigenvalue weighted by Gasteiger charge is -2.18. The van der Waals surface area contributed by atoms with Gasteiger partial charge in [0.25, 0.3) is 0 Å². The number of unbranched alkanes of at least 4 members (excludes halogenated alkanes) is 5. The van der Waals surface area contributed by atoms with E-state index in [1.807, 2.05) is 0 Å². The van der Waals surface area contributed by atoms with Crippen molar-refractivity contribution in [3.63, 3.8) is 0 Å². The molecule has 0 spiro atoms. The van der Waals surface area contributed by atoms with Crippen molar-refractivity contribution in [3.05, 3.63) is 41.9 Å². The molecule has 1 heterocycles. The lowest BCUT2D eigenvalue weighted by atomic mass is 10.0. The average Bonchev–Trinajstić information content (AvgIpc) is 3.09. The first-order valence-electron chi connectivity index (χ1n) is 9.11. The first kappa shape index (κ1) is 18.7. The van der Waals surface area contributed by atoms with E-state index in [9.17, 15) is 5.11 Å². The third-order valence-electron chi connectivity index (χ3n) is 4.53. The van der Waals surface area contributed by atoms with Crippen molar-refractivity contribution in [1.29, 1.82) is 0 Å². The van der Waals surface area contributed by atoms with Crippen LogP contribution >= 0.6 is 0 Å². The molecule has 2 aromatic rings. The first-order chi connectivity index (χ1) is 11.6. The Balaban J connectivity index is 1.88. The van der Waals surface area contributed by atoms with Gasteiger partial charge in [0.05, 0.1) is 24.0 Å². The maximum atomic E-state index is 9.33. The highest BCUT2D eigenvalue weighted by atomic mass is 16.3. The number of aliphatic hydroxyl groups is 1. The number of hydrogen-bond acceptors (Lipinski definition) is 3. The summed E-state index contributed by atoms with van der Waals surface area (Å²) in [5.74, 6) is 0.608. The van der Waals surface area contributed by atoms with Crippen LogP contribution in [-0.2, 0) is 12.0 Å². The molecule has 24 heavy (non-hydrogen) atoms. The van der Waals surface area contributed by atoms with Gasteiger partial charge < -0.3 is 15.8 Å². The molecule has 0 radical (unpaired) electrons. The van der Waals surface area contributed by atoms with Crippen LogP contribution in [0.2, 0.25) is 0 Å². The predicted molar refractivity (Wildman–Crippen MR) is 99.7 cm³/mol. The van der Waals surface area contributed by atoms with Gasteiger partial charge in [0.15, 0.2) is 0 Å². The van der Waals surface area contributed by atoms with Crippen molar-refractivity contribution in [2.45, 2.75) is 64.3 Å². The molecule has 0 fully saturated rings. The summed E-state index contributed by atoms with van der Waals surface area (Å²) in [7, 11) is 0. The van der Waals surface area contributed by atoms with Gasteiger partial charge in [-0.05, 0) is 30.9 Å². The molecule has 0 amide bonds. The minimum Gasteiger partial charge on any atom is -0.394 e. The molecule has 2 rings (SSSR count). The van der Waals surface area contributed by atoms with Gasteiger partial charge in [0.2, 0.25) is 0 Å². The maximum Gasteiger partial charge on any atom is 0.128 e. The molecule has 0 unspecified atom stereocenters. The molecular formula is C20H31N3O. The van der Waals surface area contributed by atoms with Gasteiger partial charge in [-0.2, -0.15) is 0 Å². The van der Waals surface area contributed by atoms with E-state index >= 15 is 0 Å². The molecule has 0 aliphatic carbocycles. The summed E-state index contributed by atoms with van der Waals surface area (Å²) in [6, 6.07) is 8.62. The second kappa shape index (κ2) is 9.00. The fourth-order valence-corrected chi connectivity index (χ4v) is 2.79. The lowest BCUT2D eigenvalue weighted by Crippen LogP contribution is -2.38. The Kier molecular flexibility index (Phi) is 7.00. The average molecular weight is 329 g/mol. The van der Waals surface area contributed by atoms with E-state index in [1.54, 1.807) is 13.1 Å². The van der Waals surface area contributed by atoms with E-state index in [2.05, 4.69) is 41.2 Å². The summed E-state index contributed by atoms with van der Waals surface area (Å²) < 4.78 is 0. The highest BCUT2D eigenvalue weighted by Gasteiger charge is 2.23. The van der Waals surface area contributed by atoms with Crippen LogP contribution < -0.4 is 5.73 Å².